The molecule has 0 aliphatic carbocycles. The number of para-hydroxylation sites is 1. The minimum absolute atomic E-state index is 0.462. The molecule has 5 heteroatoms. The van der Waals surface area contributed by atoms with Crippen LogP contribution in [0.1, 0.15) is 26.2 Å². The van der Waals surface area contributed by atoms with Gasteiger partial charge >= 0.3 is 0 Å². The lowest BCUT2D eigenvalue weighted by molar-refractivity contribution is 0.317. The molecule has 2 N–H and O–H groups in total. The molecule has 2 unspecified atom stereocenters. The largest absolute Gasteiger partial charge is 0.369 e. The zero-order valence-corrected chi connectivity index (χ0v) is 15.0. The first-order chi connectivity index (χ1) is 11.8. The van der Waals surface area contributed by atoms with Gasteiger partial charge in [-0.15, -0.1) is 0 Å². The Labute approximate surface area is 146 Å². The van der Waals surface area contributed by atoms with Crippen molar-refractivity contribution in [2.24, 2.45) is 4.99 Å². The number of nitrogens with one attached hydrogen (secondary N) is 2. The van der Waals surface area contributed by atoms with Crippen LogP contribution in [-0.2, 0) is 0 Å². The number of guanidine groups is 1. The van der Waals surface area contributed by atoms with Gasteiger partial charge in [-0.2, -0.15) is 0 Å². The molecule has 132 valence electrons. The van der Waals surface area contributed by atoms with Gasteiger partial charge in [0.05, 0.1) is 6.54 Å². The molecule has 1 aromatic carbocycles. The first-order valence-corrected chi connectivity index (χ1v) is 9.31. The second-order valence-corrected chi connectivity index (χ2v) is 6.91. The van der Waals surface area contributed by atoms with E-state index in [0.717, 1.165) is 38.6 Å². The van der Waals surface area contributed by atoms with Gasteiger partial charge < -0.3 is 20.4 Å². The molecule has 2 fully saturated rings. The number of likely N-dealkylation sites (N-methyl/N-ethyl adjacent to an activating group) is 1. The highest BCUT2D eigenvalue weighted by molar-refractivity contribution is 5.80. The van der Waals surface area contributed by atoms with Gasteiger partial charge in [0.1, 0.15) is 0 Å². The van der Waals surface area contributed by atoms with Crippen LogP contribution in [0.3, 0.4) is 0 Å². The molecule has 0 radical (unpaired) electrons. The smallest absolute Gasteiger partial charge is 0.191 e. The van der Waals surface area contributed by atoms with Crippen molar-refractivity contribution < 1.29 is 0 Å². The molecule has 2 aliphatic heterocycles. The Morgan fingerprint density at radius 1 is 1.21 bits per heavy atom. The first-order valence-electron chi connectivity index (χ1n) is 9.31. The van der Waals surface area contributed by atoms with Crippen LogP contribution in [0, 0.1) is 0 Å². The van der Waals surface area contributed by atoms with E-state index in [2.05, 4.69) is 64.7 Å². The predicted molar refractivity (Wildman–Crippen MR) is 102 cm³/mol. The Hall–Kier alpha value is -1.75. The molecule has 3 rings (SSSR count). The normalized spacial score (nSPS) is 25.2. The van der Waals surface area contributed by atoms with E-state index in [9.17, 15) is 0 Å². The van der Waals surface area contributed by atoms with Crippen molar-refractivity contribution in [1.29, 1.82) is 0 Å². The molecule has 0 amide bonds. The van der Waals surface area contributed by atoms with Crippen LogP contribution in [0.2, 0.25) is 0 Å². The van der Waals surface area contributed by atoms with Gasteiger partial charge in [0.15, 0.2) is 5.96 Å². The third kappa shape index (κ3) is 4.41. The standard InChI is InChI=1S/C19H31N5/c1-3-20-19(21-14-18-10-7-12-23(18)2)22-16-11-13-24(15-16)17-8-5-4-6-9-17/h4-6,8-9,16,18H,3,7,10-15H2,1-2H3,(H2,20,21,22). The van der Waals surface area contributed by atoms with Crippen molar-refractivity contribution in [3.63, 3.8) is 0 Å². The van der Waals surface area contributed by atoms with Crippen LogP contribution in [0.5, 0.6) is 0 Å². The highest BCUT2D eigenvalue weighted by atomic mass is 15.3. The zero-order chi connectivity index (χ0) is 16.8. The zero-order valence-electron chi connectivity index (χ0n) is 15.0. The van der Waals surface area contributed by atoms with Crippen molar-refractivity contribution in [3.05, 3.63) is 30.3 Å². The summed E-state index contributed by atoms with van der Waals surface area (Å²) < 4.78 is 0. The minimum Gasteiger partial charge on any atom is -0.369 e. The van der Waals surface area contributed by atoms with E-state index < -0.39 is 0 Å². The summed E-state index contributed by atoms with van der Waals surface area (Å²) in [6.45, 7) is 7.27. The fourth-order valence-corrected chi connectivity index (χ4v) is 3.67. The fraction of sp³-hybridized carbons (Fsp3) is 0.632. The van der Waals surface area contributed by atoms with Crippen molar-refractivity contribution in [2.75, 3.05) is 44.7 Å². The van der Waals surface area contributed by atoms with Crippen LogP contribution < -0.4 is 15.5 Å². The molecule has 0 aromatic heterocycles. The minimum atomic E-state index is 0.462. The molecule has 1 aromatic rings. The van der Waals surface area contributed by atoms with E-state index in [1.165, 1.54) is 25.1 Å². The molecular formula is C19H31N5. The maximum Gasteiger partial charge on any atom is 0.191 e. The van der Waals surface area contributed by atoms with Crippen molar-refractivity contribution in [2.45, 2.75) is 38.3 Å². The van der Waals surface area contributed by atoms with Gasteiger partial charge in [0.2, 0.25) is 0 Å². The second kappa shape index (κ2) is 8.38. The number of aliphatic imine (C=N–C) groups is 1. The van der Waals surface area contributed by atoms with Crippen LogP contribution in [0.15, 0.2) is 35.3 Å². The summed E-state index contributed by atoms with van der Waals surface area (Å²) in [5.74, 6) is 0.970. The van der Waals surface area contributed by atoms with Crippen molar-refractivity contribution >= 4 is 11.6 Å². The van der Waals surface area contributed by atoms with Crippen molar-refractivity contribution in [1.82, 2.24) is 15.5 Å². The number of rotatable bonds is 5. The molecule has 2 atom stereocenters. The number of likely N-dealkylation sites (tertiary alicyclic amines) is 1. The third-order valence-corrected chi connectivity index (χ3v) is 5.13. The predicted octanol–water partition coefficient (Wildman–Crippen LogP) is 1.91. The Morgan fingerprint density at radius 3 is 2.75 bits per heavy atom. The molecular weight excluding hydrogens is 298 g/mol. The van der Waals surface area contributed by atoms with E-state index in [1.54, 1.807) is 0 Å². The summed E-state index contributed by atoms with van der Waals surface area (Å²) in [6.07, 6.45) is 3.72. The summed E-state index contributed by atoms with van der Waals surface area (Å²) in [5, 5.41) is 7.04. The summed E-state index contributed by atoms with van der Waals surface area (Å²) in [4.78, 5) is 9.72. The average molecular weight is 329 g/mol. The quantitative estimate of drug-likeness (QED) is 0.640. The van der Waals surface area contributed by atoms with Crippen molar-refractivity contribution in [3.8, 4) is 0 Å². The van der Waals surface area contributed by atoms with Gasteiger partial charge in [-0.25, -0.2) is 0 Å². The molecule has 2 aliphatic rings. The lowest BCUT2D eigenvalue weighted by Gasteiger charge is -2.21. The van der Waals surface area contributed by atoms with Gasteiger partial charge in [-0.3, -0.25) is 4.99 Å². The fourth-order valence-electron chi connectivity index (χ4n) is 3.67. The highest BCUT2D eigenvalue weighted by Crippen LogP contribution is 2.19. The molecule has 24 heavy (non-hydrogen) atoms. The number of benzene rings is 1. The Kier molecular flexibility index (Phi) is 5.96. The van der Waals surface area contributed by atoms with Crippen LogP contribution in [-0.4, -0.2) is 62.7 Å². The van der Waals surface area contributed by atoms with Crippen LogP contribution >= 0.6 is 0 Å². The SMILES string of the molecule is CCNC(=NCC1CCCN1C)NC1CCN(c2ccccc2)C1. The Morgan fingerprint density at radius 2 is 2.04 bits per heavy atom. The summed E-state index contributed by atoms with van der Waals surface area (Å²) >= 11 is 0. The van der Waals surface area contributed by atoms with E-state index in [-0.39, 0.29) is 0 Å². The maximum atomic E-state index is 4.84. The molecule has 2 heterocycles. The average Bonchev–Trinajstić information content (AvgIpc) is 3.23. The second-order valence-electron chi connectivity index (χ2n) is 6.91. The third-order valence-electron chi connectivity index (χ3n) is 5.13. The van der Waals surface area contributed by atoms with Gasteiger partial charge in [-0.05, 0) is 51.9 Å². The lowest BCUT2D eigenvalue weighted by atomic mass is 10.2. The maximum absolute atomic E-state index is 4.84. The molecule has 5 nitrogen and oxygen atoms in total. The van der Waals surface area contributed by atoms with Crippen LogP contribution in [0.4, 0.5) is 5.69 Å². The van der Waals surface area contributed by atoms with Gasteiger partial charge in [-0.1, -0.05) is 18.2 Å². The molecule has 2 saturated heterocycles. The van der Waals surface area contributed by atoms with E-state index in [4.69, 9.17) is 4.99 Å². The number of anilines is 1. The Balaban J connectivity index is 1.54. The monoisotopic (exact) mass is 329 g/mol. The molecule has 0 saturated carbocycles. The van der Waals surface area contributed by atoms with Crippen LogP contribution in [0.25, 0.3) is 0 Å². The van der Waals surface area contributed by atoms with E-state index >= 15 is 0 Å². The summed E-state index contributed by atoms with van der Waals surface area (Å²) in [6, 6.07) is 11.7. The number of nitrogens with zero attached hydrogens (tertiary/aromatic N) is 3. The summed E-state index contributed by atoms with van der Waals surface area (Å²) in [7, 11) is 2.21. The number of hydrogen-bond acceptors (Lipinski definition) is 3. The Bertz CT molecular complexity index is 530. The van der Waals surface area contributed by atoms with Gasteiger partial charge in [0, 0.05) is 37.4 Å². The van der Waals surface area contributed by atoms with E-state index in [0.29, 0.717) is 12.1 Å². The molecule has 0 spiro atoms. The highest BCUT2D eigenvalue weighted by Gasteiger charge is 2.24. The summed E-state index contributed by atoms with van der Waals surface area (Å²) in [5.41, 5.74) is 1.32. The number of hydrogen-bond donors (Lipinski definition) is 2. The van der Waals surface area contributed by atoms with Gasteiger partial charge in [0.25, 0.3) is 0 Å². The first kappa shape index (κ1) is 17.1. The molecule has 0 bridgehead atoms. The lowest BCUT2D eigenvalue weighted by Crippen LogP contribution is -2.45. The topological polar surface area (TPSA) is 42.9 Å². The van der Waals surface area contributed by atoms with E-state index in [1.807, 2.05) is 0 Å².